The van der Waals surface area contributed by atoms with Crippen LogP contribution in [0.3, 0.4) is 0 Å². The predicted molar refractivity (Wildman–Crippen MR) is 83.1 cm³/mol. The molecule has 0 bridgehead atoms. The normalized spacial score (nSPS) is 38.8. The Bertz CT molecular complexity index is 287. The number of nitrogens with two attached hydrogens (primary N) is 1. The minimum absolute atomic E-state index is 0.520. The van der Waals surface area contributed by atoms with E-state index in [4.69, 9.17) is 5.73 Å². The van der Waals surface area contributed by atoms with Crippen LogP contribution in [0.25, 0.3) is 0 Å². The second-order valence-corrected chi connectivity index (χ2v) is 7.89. The van der Waals surface area contributed by atoms with Gasteiger partial charge in [-0.2, -0.15) is 0 Å². The van der Waals surface area contributed by atoms with Gasteiger partial charge in [0.2, 0.25) is 0 Å². The summed E-state index contributed by atoms with van der Waals surface area (Å²) in [4.78, 5) is 2.82. The quantitative estimate of drug-likeness (QED) is 0.841. The van der Waals surface area contributed by atoms with Crippen LogP contribution in [0.4, 0.5) is 0 Å². The lowest BCUT2D eigenvalue weighted by atomic mass is 9.70. The number of hydrogen-bond acceptors (Lipinski definition) is 2. The van der Waals surface area contributed by atoms with E-state index in [2.05, 4.69) is 32.6 Å². The van der Waals surface area contributed by atoms with Crippen molar-refractivity contribution in [3.05, 3.63) is 0 Å². The van der Waals surface area contributed by atoms with Crippen molar-refractivity contribution in [2.75, 3.05) is 13.1 Å². The maximum absolute atomic E-state index is 6.00. The molecular formula is C17H34N2. The molecule has 112 valence electrons. The molecule has 2 aliphatic rings. The number of nitrogens with zero attached hydrogens (tertiary/aromatic N) is 1. The molecule has 19 heavy (non-hydrogen) atoms. The van der Waals surface area contributed by atoms with E-state index in [1.54, 1.807) is 0 Å². The number of hydrogen-bond donors (Lipinski definition) is 1. The largest absolute Gasteiger partial charge is 0.330 e. The van der Waals surface area contributed by atoms with Crippen molar-refractivity contribution in [3.8, 4) is 0 Å². The van der Waals surface area contributed by atoms with Crippen molar-refractivity contribution < 1.29 is 0 Å². The standard InChI is InChI=1S/C17H34N2/c1-5-19(16-8-6-7-14(16)12-18)15-9-13(2)10-17(3,4)11-15/h13-16H,5-12,18H2,1-4H3. The zero-order valence-electron chi connectivity index (χ0n) is 13.5. The van der Waals surface area contributed by atoms with E-state index in [-0.39, 0.29) is 0 Å². The Balaban J connectivity index is 2.08. The minimum Gasteiger partial charge on any atom is -0.330 e. The molecule has 0 heterocycles. The maximum atomic E-state index is 6.00. The fraction of sp³-hybridized carbons (Fsp3) is 1.00. The maximum Gasteiger partial charge on any atom is 0.0138 e. The average molecular weight is 266 g/mol. The Hall–Kier alpha value is -0.0800. The van der Waals surface area contributed by atoms with E-state index in [1.807, 2.05) is 0 Å². The number of rotatable bonds is 4. The van der Waals surface area contributed by atoms with Crippen molar-refractivity contribution in [2.24, 2.45) is 23.0 Å². The second-order valence-electron chi connectivity index (χ2n) is 7.89. The topological polar surface area (TPSA) is 29.3 Å². The first-order valence-corrected chi connectivity index (χ1v) is 8.42. The van der Waals surface area contributed by atoms with Crippen LogP contribution in [0.5, 0.6) is 0 Å². The van der Waals surface area contributed by atoms with Crippen LogP contribution in [-0.2, 0) is 0 Å². The fourth-order valence-electron chi connectivity index (χ4n) is 5.04. The zero-order chi connectivity index (χ0) is 14.0. The summed E-state index contributed by atoms with van der Waals surface area (Å²) in [6.07, 6.45) is 8.27. The summed E-state index contributed by atoms with van der Waals surface area (Å²) in [5, 5.41) is 0. The van der Waals surface area contributed by atoms with E-state index >= 15 is 0 Å². The van der Waals surface area contributed by atoms with E-state index in [9.17, 15) is 0 Å². The van der Waals surface area contributed by atoms with Gasteiger partial charge in [-0.3, -0.25) is 4.90 Å². The highest BCUT2D eigenvalue weighted by Gasteiger charge is 2.39. The van der Waals surface area contributed by atoms with Crippen molar-refractivity contribution in [2.45, 2.75) is 78.3 Å². The Morgan fingerprint density at radius 3 is 2.53 bits per heavy atom. The lowest BCUT2D eigenvalue weighted by molar-refractivity contribution is 0.0317. The monoisotopic (exact) mass is 266 g/mol. The third-order valence-electron chi connectivity index (χ3n) is 5.55. The van der Waals surface area contributed by atoms with Crippen LogP contribution in [0.15, 0.2) is 0 Å². The van der Waals surface area contributed by atoms with Crippen molar-refractivity contribution >= 4 is 0 Å². The first-order valence-electron chi connectivity index (χ1n) is 8.42. The summed E-state index contributed by atoms with van der Waals surface area (Å²) >= 11 is 0. The summed E-state index contributed by atoms with van der Waals surface area (Å²) in [5.41, 5.74) is 6.52. The van der Waals surface area contributed by atoms with Gasteiger partial charge in [-0.1, -0.05) is 34.1 Å². The molecule has 0 radical (unpaired) electrons. The predicted octanol–water partition coefficient (Wildman–Crippen LogP) is 3.65. The van der Waals surface area contributed by atoms with Gasteiger partial charge in [0.1, 0.15) is 0 Å². The average Bonchev–Trinajstić information content (AvgIpc) is 2.75. The molecule has 2 rings (SSSR count). The third kappa shape index (κ3) is 3.52. The van der Waals surface area contributed by atoms with Crippen LogP contribution < -0.4 is 5.73 Å². The molecule has 0 aromatic carbocycles. The molecule has 2 saturated carbocycles. The molecule has 2 fully saturated rings. The van der Waals surface area contributed by atoms with Crippen LogP contribution in [0.1, 0.15) is 66.2 Å². The van der Waals surface area contributed by atoms with Crippen LogP contribution >= 0.6 is 0 Å². The molecule has 0 aliphatic heterocycles. The SMILES string of the molecule is CCN(C1CC(C)CC(C)(C)C1)C1CCCC1CN. The Morgan fingerprint density at radius 1 is 1.21 bits per heavy atom. The molecule has 4 atom stereocenters. The van der Waals surface area contributed by atoms with Crippen molar-refractivity contribution in [1.29, 1.82) is 0 Å². The molecule has 0 saturated heterocycles. The van der Waals surface area contributed by atoms with E-state index < -0.39 is 0 Å². The highest BCUT2D eigenvalue weighted by atomic mass is 15.2. The zero-order valence-corrected chi connectivity index (χ0v) is 13.5. The summed E-state index contributed by atoms with van der Waals surface area (Å²) in [6, 6.07) is 1.56. The van der Waals surface area contributed by atoms with Gasteiger partial charge in [0.05, 0.1) is 0 Å². The molecular weight excluding hydrogens is 232 g/mol. The van der Waals surface area contributed by atoms with E-state index in [1.165, 1.54) is 45.1 Å². The Labute approximate surface area is 120 Å². The van der Waals surface area contributed by atoms with Crippen LogP contribution in [0.2, 0.25) is 0 Å². The molecule has 2 aliphatic carbocycles. The second kappa shape index (κ2) is 6.13. The van der Waals surface area contributed by atoms with E-state index in [0.29, 0.717) is 5.41 Å². The van der Waals surface area contributed by atoms with Gasteiger partial charge in [-0.15, -0.1) is 0 Å². The van der Waals surface area contributed by atoms with Gasteiger partial charge in [0.15, 0.2) is 0 Å². The Morgan fingerprint density at radius 2 is 1.95 bits per heavy atom. The summed E-state index contributed by atoms with van der Waals surface area (Å²) in [7, 11) is 0. The van der Waals surface area contributed by atoms with Gasteiger partial charge in [-0.05, 0) is 62.4 Å². The van der Waals surface area contributed by atoms with Crippen LogP contribution in [-0.4, -0.2) is 30.1 Å². The van der Waals surface area contributed by atoms with Crippen LogP contribution in [0, 0.1) is 17.3 Å². The van der Waals surface area contributed by atoms with Gasteiger partial charge in [-0.25, -0.2) is 0 Å². The lowest BCUT2D eigenvalue weighted by Gasteiger charge is -2.47. The lowest BCUT2D eigenvalue weighted by Crippen LogP contribution is -2.50. The fourth-order valence-corrected chi connectivity index (χ4v) is 5.04. The van der Waals surface area contributed by atoms with Gasteiger partial charge >= 0.3 is 0 Å². The smallest absolute Gasteiger partial charge is 0.0138 e. The molecule has 2 N–H and O–H groups in total. The summed E-state index contributed by atoms with van der Waals surface area (Å²) in [6.45, 7) is 11.8. The highest BCUT2D eigenvalue weighted by Crippen LogP contribution is 2.42. The molecule has 0 spiro atoms. The molecule has 2 nitrogen and oxygen atoms in total. The minimum atomic E-state index is 0.520. The van der Waals surface area contributed by atoms with Gasteiger partial charge < -0.3 is 5.73 Å². The van der Waals surface area contributed by atoms with Crippen molar-refractivity contribution in [3.63, 3.8) is 0 Å². The molecule has 0 aromatic heterocycles. The van der Waals surface area contributed by atoms with Crippen molar-refractivity contribution in [1.82, 2.24) is 4.90 Å². The first kappa shape index (κ1) is 15.3. The molecule has 4 unspecified atom stereocenters. The van der Waals surface area contributed by atoms with Gasteiger partial charge in [0.25, 0.3) is 0 Å². The first-order chi connectivity index (χ1) is 8.96. The van der Waals surface area contributed by atoms with Gasteiger partial charge in [0, 0.05) is 12.1 Å². The third-order valence-corrected chi connectivity index (χ3v) is 5.55. The highest BCUT2D eigenvalue weighted by molar-refractivity contribution is 4.93. The molecule has 0 amide bonds. The summed E-state index contributed by atoms with van der Waals surface area (Å²) < 4.78 is 0. The molecule has 0 aromatic rings. The Kier molecular flexibility index (Phi) is 4.94. The van der Waals surface area contributed by atoms with E-state index in [0.717, 1.165) is 30.5 Å². The summed E-state index contributed by atoms with van der Waals surface area (Å²) in [5.74, 6) is 1.63. The molecule has 2 heteroatoms.